The summed E-state index contributed by atoms with van der Waals surface area (Å²) in [6.07, 6.45) is 1.17. The van der Waals surface area contributed by atoms with Gasteiger partial charge in [0, 0.05) is 30.9 Å². The van der Waals surface area contributed by atoms with Gasteiger partial charge in [-0.05, 0) is 74.2 Å². The molecular formula is C30H42O10. The number of fused-ring (bicyclic) bond motifs is 7. The third-order valence-electron chi connectivity index (χ3n) is 12.4. The summed E-state index contributed by atoms with van der Waals surface area (Å²) in [5.41, 5.74) is -1.25. The monoisotopic (exact) mass is 562 g/mol. The molecule has 0 spiro atoms. The third kappa shape index (κ3) is 3.41. The Labute approximate surface area is 234 Å². The SMILES string of the molecule is CO[C@@H]1[C@@H](O)[C@@H](C)O[C@H]2O[C@@H]3C[C@H]4CC[C@@H]5[C@H](C(=O)C[C@]6(C)[C@@H](C7=CC(=O)OC7)CC[C@]56O)[C@@]4(C)C[C@H]3O[C@]21O. The van der Waals surface area contributed by atoms with Gasteiger partial charge in [0.25, 0.3) is 0 Å². The molecule has 0 unspecified atom stereocenters. The Bertz CT molecular complexity index is 1140. The molecule has 10 heteroatoms. The van der Waals surface area contributed by atoms with Crippen molar-refractivity contribution in [3.05, 3.63) is 11.6 Å². The zero-order valence-corrected chi connectivity index (χ0v) is 23.7. The second-order valence-electron chi connectivity index (χ2n) is 14.1. The number of hydrogen-bond acceptors (Lipinski definition) is 10. The molecule has 3 heterocycles. The van der Waals surface area contributed by atoms with Crippen molar-refractivity contribution in [2.45, 2.75) is 114 Å². The van der Waals surface area contributed by atoms with Crippen LogP contribution in [-0.2, 0) is 33.3 Å². The quantitative estimate of drug-likeness (QED) is 0.336. The summed E-state index contributed by atoms with van der Waals surface area (Å²) in [4.78, 5) is 26.1. The highest BCUT2D eigenvalue weighted by Crippen LogP contribution is 2.69. The fourth-order valence-corrected chi connectivity index (χ4v) is 10.4. The van der Waals surface area contributed by atoms with Gasteiger partial charge in [0.15, 0.2) is 0 Å². The van der Waals surface area contributed by atoms with Crippen molar-refractivity contribution in [3.63, 3.8) is 0 Å². The Morgan fingerprint density at radius 3 is 2.55 bits per heavy atom. The maximum absolute atomic E-state index is 14.2. The van der Waals surface area contributed by atoms with Crippen molar-refractivity contribution < 1.29 is 48.6 Å². The molecule has 6 fully saturated rings. The highest BCUT2D eigenvalue weighted by Gasteiger charge is 2.72. The number of rotatable bonds is 2. The van der Waals surface area contributed by atoms with E-state index in [0.717, 1.165) is 24.8 Å². The fraction of sp³-hybridized carbons (Fsp3) is 0.867. The Kier molecular flexibility index (Phi) is 6.04. The normalized spacial score (nSPS) is 57.2. The number of aliphatic hydroxyl groups is 3. The van der Waals surface area contributed by atoms with Crippen molar-refractivity contribution in [1.82, 2.24) is 0 Å². The van der Waals surface area contributed by atoms with Crippen molar-refractivity contribution in [1.29, 1.82) is 0 Å². The molecule has 14 atom stereocenters. The molecule has 7 rings (SSSR count). The second kappa shape index (κ2) is 8.81. The number of aliphatic hydroxyl groups excluding tert-OH is 1. The number of ether oxygens (including phenoxy) is 5. The molecule has 0 aromatic carbocycles. The minimum absolute atomic E-state index is 0.0672. The van der Waals surface area contributed by atoms with Crippen molar-refractivity contribution in [2.24, 2.45) is 34.5 Å². The lowest BCUT2D eigenvalue weighted by molar-refractivity contribution is -0.470. The lowest BCUT2D eigenvalue weighted by Crippen LogP contribution is -2.74. The van der Waals surface area contributed by atoms with Crippen LogP contribution in [0, 0.1) is 34.5 Å². The molecule has 0 amide bonds. The predicted molar refractivity (Wildman–Crippen MR) is 137 cm³/mol. The van der Waals surface area contributed by atoms with Crippen LogP contribution in [0.5, 0.6) is 0 Å². The van der Waals surface area contributed by atoms with Gasteiger partial charge in [-0.3, -0.25) is 4.79 Å². The molecule has 0 radical (unpaired) electrons. The maximum atomic E-state index is 14.2. The molecule has 0 bridgehead atoms. The Morgan fingerprint density at radius 1 is 1.07 bits per heavy atom. The van der Waals surface area contributed by atoms with Gasteiger partial charge in [-0.2, -0.15) is 0 Å². The number of carbonyl (C=O) groups excluding carboxylic acids is 2. The lowest BCUT2D eigenvalue weighted by atomic mass is 9.42. The van der Waals surface area contributed by atoms with Crippen LogP contribution >= 0.6 is 0 Å². The van der Waals surface area contributed by atoms with E-state index < -0.39 is 52.9 Å². The number of Topliss-reactive ketones (excluding diaryl/α,β-unsaturated/α-hetero) is 1. The number of esters is 1. The average Bonchev–Trinajstić information content (AvgIpc) is 3.42. The van der Waals surface area contributed by atoms with Gasteiger partial charge in [-0.15, -0.1) is 0 Å². The number of cyclic esters (lactones) is 1. The van der Waals surface area contributed by atoms with E-state index in [9.17, 15) is 24.9 Å². The van der Waals surface area contributed by atoms with Crippen LogP contribution in [0.1, 0.15) is 65.7 Å². The Balaban J connectivity index is 1.19. The van der Waals surface area contributed by atoms with Crippen LogP contribution < -0.4 is 0 Å². The van der Waals surface area contributed by atoms with E-state index in [1.54, 1.807) is 13.0 Å². The summed E-state index contributed by atoms with van der Waals surface area (Å²) in [6.45, 7) is 6.12. The van der Waals surface area contributed by atoms with Crippen molar-refractivity contribution in [2.75, 3.05) is 13.7 Å². The van der Waals surface area contributed by atoms with Crippen LogP contribution in [0.25, 0.3) is 0 Å². The molecule has 4 aliphatic carbocycles. The first kappa shape index (κ1) is 27.4. The third-order valence-corrected chi connectivity index (χ3v) is 12.4. The topological polar surface area (TPSA) is 141 Å². The summed E-state index contributed by atoms with van der Waals surface area (Å²) in [5, 5.41) is 34.7. The maximum Gasteiger partial charge on any atom is 0.331 e. The largest absolute Gasteiger partial charge is 0.458 e. The number of hydrogen-bond donors (Lipinski definition) is 3. The number of methoxy groups -OCH3 is 1. The summed E-state index contributed by atoms with van der Waals surface area (Å²) in [6, 6.07) is 0. The number of carbonyl (C=O) groups is 2. The molecule has 0 aromatic heterocycles. The van der Waals surface area contributed by atoms with Crippen LogP contribution in [0.3, 0.4) is 0 Å². The zero-order valence-electron chi connectivity index (χ0n) is 23.7. The lowest BCUT2D eigenvalue weighted by Gasteiger charge is -2.65. The Morgan fingerprint density at radius 2 is 1.85 bits per heavy atom. The van der Waals surface area contributed by atoms with E-state index >= 15 is 0 Å². The molecule has 2 saturated heterocycles. The van der Waals surface area contributed by atoms with E-state index in [1.165, 1.54) is 7.11 Å². The minimum Gasteiger partial charge on any atom is -0.458 e. The van der Waals surface area contributed by atoms with Crippen LogP contribution in [0.2, 0.25) is 0 Å². The molecule has 3 aliphatic heterocycles. The molecule has 0 aromatic rings. The van der Waals surface area contributed by atoms with E-state index in [1.807, 2.05) is 6.92 Å². The van der Waals surface area contributed by atoms with Crippen LogP contribution in [0.4, 0.5) is 0 Å². The number of ketones is 1. The molecule has 10 nitrogen and oxygen atoms in total. The second-order valence-corrected chi connectivity index (χ2v) is 14.1. The highest BCUT2D eigenvalue weighted by atomic mass is 16.8. The minimum atomic E-state index is -1.99. The van der Waals surface area contributed by atoms with Gasteiger partial charge in [0.1, 0.15) is 24.6 Å². The standard InChI is InChI=1S/C30H42O10/c1-14-24(33)25(36-4)30(35)26(38-14)39-20-10-16-5-6-18-23(27(16,2)12-21(20)40-30)19(31)11-28(3)17(7-8-29(18,28)34)15-9-22(32)37-13-15/h9,14,16-18,20-21,23-26,33-35H,5-8,10-13H2,1-4H3/t14-,16-,17-,18-,20-,21-,23-,24+,25-,26+,27+,28-,29+,30+/m1/s1. The summed E-state index contributed by atoms with van der Waals surface area (Å²) < 4.78 is 29.2. The molecule has 40 heavy (non-hydrogen) atoms. The van der Waals surface area contributed by atoms with Crippen LogP contribution in [0.15, 0.2) is 11.6 Å². The van der Waals surface area contributed by atoms with Gasteiger partial charge < -0.3 is 39.0 Å². The first-order valence-corrected chi connectivity index (χ1v) is 14.9. The van der Waals surface area contributed by atoms with Gasteiger partial charge in [0.2, 0.25) is 12.1 Å². The molecule has 7 aliphatic rings. The van der Waals surface area contributed by atoms with E-state index in [0.29, 0.717) is 19.3 Å². The average molecular weight is 563 g/mol. The molecular weight excluding hydrogens is 520 g/mol. The van der Waals surface area contributed by atoms with Gasteiger partial charge in [0.05, 0.1) is 23.9 Å². The first-order valence-electron chi connectivity index (χ1n) is 14.9. The van der Waals surface area contributed by atoms with E-state index in [-0.39, 0.29) is 54.6 Å². The van der Waals surface area contributed by atoms with E-state index in [4.69, 9.17) is 23.7 Å². The van der Waals surface area contributed by atoms with Crippen molar-refractivity contribution in [3.8, 4) is 0 Å². The van der Waals surface area contributed by atoms with Gasteiger partial charge >= 0.3 is 5.97 Å². The van der Waals surface area contributed by atoms with E-state index in [2.05, 4.69) is 6.92 Å². The fourth-order valence-electron chi connectivity index (χ4n) is 10.4. The van der Waals surface area contributed by atoms with Gasteiger partial charge in [-0.25, -0.2) is 4.79 Å². The highest BCUT2D eigenvalue weighted by molar-refractivity contribution is 5.86. The summed E-state index contributed by atoms with van der Waals surface area (Å²) in [7, 11) is 1.41. The smallest absolute Gasteiger partial charge is 0.331 e. The summed E-state index contributed by atoms with van der Waals surface area (Å²) >= 11 is 0. The molecule has 4 saturated carbocycles. The van der Waals surface area contributed by atoms with Crippen LogP contribution in [-0.4, -0.2) is 89.0 Å². The Hall–Kier alpha value is -1.40. The molecule has 222 valence electrons. The summed E-state index contributed by atoms with van der Waals surface area (Å²) in [5.74, 6) is -2.60. The van der Waals surface area contributed by atoms with Gasteiger partial charge in [-0.1, -0.05) is 13.8 Å². The molecule has 3 N–H and O–H groups in total. The predicted octanol–water partition coefficient (Wildman–Crippen LogP) is 1.63. The zero-order chi connectivity index (χ0) is 28.4. The first-order chi connectivity index (χ1) is 18.9. The van der Waals surface area contributed by atoms with Crippen molar-refractivity contribution >= 4 is 11.8 Å².